The molecule has 0 unspecified atom stereocenters. The number of hydrogen-bond acceptors (Lipinski definition) is 4. The lowest BCUT2D eigenvalue weighted by atomic mass is 10.4. The lowest BCUT2D eigenvalue weighted by molar-refractivity contribution is 0.168. The summed E-state index contributed by atoms with van der Waals surface area (Å²) in [5, 5.41) is 3.32. The maximum atomic E-state index is 6.04. The van der Waals surface area contributed by atoms with Crippen LogP contribution in [0.15, 0.2) is 0 Å². The highest BCUT2D eigenvalue weighted by atomic mass is 28.4. The van der Waals surface area contributed by atoms with Gasteiger partial charge in [-0.1, -0.05) is 26.7 Å². The van der Waals surface area contributed by atoms with Gasteiger partial charge in [0.1, 0.15) is 0 Å². The molecular weight excluding hydrogens is 244 g/mol. The second kappa shape index (κ2) is 12.1. The van der Waals surface area contributed by atoms with Crippen molar-refractivity contribution in [2.45, 2.75) is 52.1 Å². The molecule has 0 bridgehead atoms. The predicted molar refractivity (Wildman–Crippen MR) is 80.1 cm³/mol. The highest BCUT2D eigenvalue weighted by Crippen LogP contribution is 2.14. The van der Waals surface area contributed by atoms with Gasteiger partial charge in [-0.25, -0.2) is 0 Å². The van der Waals surface area contributed by atoms with Gasteiger partial charge < -0.3 is 19.9 Å². The number of nitrogens with one attached hydrogen (secondary N) is 1. The standard InChI is InChI=1S/C13H32N2O2Si/c1-4-6-11-16-18(3,17-12-7-5-2)13-10-15-9-8-14/h15H,4-14H2,1-3H3. The summed E-state index contributed by atoms with van der Waals surface area (Å²) in [6.45, 7) is 10.7. The van der Waals surface area contributed by atoms with E-state index in [-0.39, 0.29) is 0 Å². The Morgan fingerprint density at radius 1 is 1.00 bits per heavy atom. The van der Waals surface area contributed by atoms with Crippen molar-refractivity contribution < 1.29 is 8.85 Å². The lowest BCUT2D eigenvalue weighted by Gasteiger charge is -2.27. The van der Waals surface area contributed by atoms with Crippen LogP contribution in [0.3, 0.4) is 0 Å². The van der Waals surface area contributed by atoms with E-state index in [9.17, 15) is 0 Å². The van der Waals surface area contributed by atoms with Crippen molar-refractivity contribution in [3.05, 3.63) is 0 Å². The maximum absolute atomic E-state index is 6.04. The van der Waals surface area contributed by atoms with Gasteiger partial charge in [-0.2, -0.15) is 0 Å². The molecule has 110 valence electrons. The van der Waals surface area contributed by atoms with Crippen LogP contribution in [0, 0.1) is 0 Å². The third kappa shape index (κ3) is 10.0. The van der Waals surface area contributed by atoms with Gasteiger partial charge in [0, 0.05) is 32.3 Å². The van der Waals surface area contributed by atoms with Gasteiger partial charge in [0.05, 0.1) is 0 Å². The Morgan fingerprint density at radius 3 is 2.00 bits per heavy atom. The molecule has 0 aliphatic rings. The molecule has 18 heavy (non-hydrogen) atoms. The Balaban J connectivity index is 3.95. The smallest absolute Gasteiger partial charge is 0.336 e. The largest absolute Gasteiger partial charge is 0.394 e. The van der Waals surface area contributed by atoms with E-state index in [1.54, 1.807) is 0 Å². The molecule has 0 aromatic carbocycles. The third-order valence-electron chi connectivity index (χ3n) is 2.89. The second-order valence-corrected chi connectivity index (χ2v) is 8.17. The van der Waals surface area contributed by atoms with E-state index in [0.717, 1.165) is 45.2 Å². The van der Waals surface area contributed by atoms with Gasteiger partial charge in [0.2, 0.25) is 0 Å². The van der Waals surface area contributed by atoms with Crippen LogP contribution in [0.4, 0.5) is 0 Å². The van der Waals surface area contributed by atoms with Crippen LogP contribution in [-0.2, 0) is 8.85 Å². The minimum Gasteiger partial charge on any atom is -0.394 e. The summed E-state index contributed by atoms with van der Waals surface area (Å²) in [6, 6.07) is 1.00. The van der Waals surface area contributed by atoms with Crippen molar-refractivity contribution in [1.29, 1.82) is 0 Å². The van der Waals surface area contributed by atoms with Crippen molar-refractivity contribution in [2.75, 3.05) is 32.8 Å². The SMILES string of the molecule is CCCCO[Si](C)(CCNCCN)OCCCC. The predicted octanol–water partition coefficient (Wildman–Crippen LogP) is 2.24. The van der Waals surface area contributed by atoms with Crippen LogP contribution in [0.2, 0.25) is 12.6 Å². The quantitative estimate of drug-likeness (QED) is 0.400. The number of nitrogens with two attached hydrogens (primary N) is 1. The van der Waals surface area contributed by atoms with Crippen LogP contribution in [0.25, 0.3) is 0 Å². The minimum absolute atomic E-state index is 0.686. The maximum Gasteiger partial charge on any atom is 0.336 e. The molecule has 4 nitrogen and oxygen atoms in total. The first-order valence-corrected chi connectivity index (χ1v) is 9.89. The highest BCUT2D eigenvalue weighted by Gasteiger charge is 2.30. The van der Waals surface area contributed by atoms with Crippen molar-refractivity contribution >= 4 is 8.56 Å². The van der Waals surface area contributed by atoms with Gasteiger partial charge in [-0.15, -0.1) is 0 Å². The highest BCUT2D eigenvalue weighted by molar-refractivity contribution is 6.66. The summed E-state index contributed by atoms with van der Waals surface area (Å²) in [6.07, 6.45) is 4.58. The van der Waals surface area contributed by atoms with E-state index in [0.29, 0.717) is 6.54 Å². The zero-order chi connectivity index (χ0) is 13.7. The molecule has 0 fully saturated rings. The summed E-state index contributed by atoms with van der Waals surface area (Å²) in [4.78, 5) is 0. The van der Waals surface area contributed by atoms with E-state index < -0.39 is 8.56 Å². The second-order valence-electron chi connectivity index (χ2n) is 4.83. The first-order chi connectivity index (χ1) is 8.68. The molecule has 0 saturated carbocycles. The molecule has 0 aromatic rings. The Bertz CT molecular complexity index is 172. The summed E-state index contributed by atoms with van der Waals surface area (Å²) in [5.41, 5.74) is 5.46. The average Bonchev–Trinajstić information content (AvgIpc) is 2.36. The summed E-state index contributed by atoms with van der Waals surface area (Å²) in [7, 11) is -1.98. The van der Waals surface area contributed by atoms with Crippen LogP contribution in [0.1, 0.15) is 39.5 Å². The van der Waals surface area contributed by atoms with Gasteiger partial charge in [-0.05, 0) is 25.9 Å². The molecular formula is C13H32N2O2Si. The number of rotatable bonds is 13. The summed E-state index contributed by atoms with van der Waals surface area (Å²) in [5.74, 6) is 0. The summed E-state index contributed by atoms with van der Waals surface area (Å²) >= 11 is 0. The van der Waals surface area contributed by atoms with E-state index in [1.807, 2.05) is 0 Å². The van der Waals surface area contributed by atoms with Gasteiger partial charge in [0.15, 0.2) is 0 Å². The zero-order valence-electron chi connectivity index (χ0n) is 12.5. The average molecular weight is 276 g/mol. The molecule has 0 saturated heterocycles. The molecule has 0 radical (unpaired) electrons. The lowest BCUT2D eigenvalue weighted by Crippen LogP contribution is -2.42. The fourth-order valence-electron chi connectivity index (χ4n) is 1.59. The number of unbranched alkanes of at least 4 members (excludes halogenated alkanes) is 2. The molecule has 0 spiro atoms. The van der Waals surface area contributed by atoms with Crippen molar-refractivity contribution in [3.63, 3.8) is 0 Å². The molecule has 0 aliphatic carbocycles. The molecule has 5 heteroatoms. The summed E-state index contributed by atoms with van der Waals surface area (Å²) < 4.78 is 12.1. The first-order valence-electron chi connectivity index (χ1n) is 7.37. The fraction of sp³-hybridized carbons (Fsp3) is 1.00. The van der Waals surface area contributed by atoms with E-state index in [2.05, 4.69) is 25.7 Å². The normalized spacial score (nSPS) is 12.0. The molecule has 3 N–H and O–H groups in total. The first kappa shape index (κ1) is 18.1. The fourth-order valence-corrected chi connectivity index (χ4v) is 3.75. The molecule has 0 heterocycles. The molecule has 0 rings (SSSR count). The topological polar surface area (TPSA) is 56.5 Å². The molecule has 0 aromatic heterocycles. The van der Waals surface area contributed by atoms with Crippen molar-refractivity contribution in [1.82, 2.24) is 5.32 Å². The minimum atomic E-state index is -1.98. The number of hydrogen-bond donors (Lipinski definition) is 2. The van der Waals surface area contributed by atoms with Crippen LogP contribution in [-0.4, -0.2) is 41.4 Å². The van der Waals surface area contributed by atoms with Crippen LogP contribution in [0.5, 0.6) is 0 Å². The van der Waals surface area contributed by atoms with Crippen molar-refractivity contribution in [2.24, 2.45) is 5.73 Å². The zero-order valence-corrected chi connectivity index (χ0v) is 13.5. The Morgan fingerprint density at radius 2 is 1.56 bits per heavy atom. The monoisotopic (exact) mass is 276 g/mol. The third-order valence-corrected chi connectivity index (χ3v) is 5.68. The van der Waals surface area contributed by atoms with E-state index in [4.69, 9.17) is 14.6 Å². The van der Waals surface area contributed by atoms with E-state index in [1.165, 1.54) is 12.8 Å². The van der Waals surface area contributed by atoms with Crippen LogP contribution >= 0.6 is 0 Å². The molecule has 0 amide bonds. The Kier molecular flexibility index (Phi) is 12.1. The van der Waals surface area contributed by atoms with Crippen LogP contribution < -0.4 is 11.1 Å². The Hall–Kier alpha value is 0.0569. The van der Waals surface area contributed by atoms with Gasteiger partial charge >= 0.3 is 8.56 Å². The molecule has 0 aliphatic heterocycles. The van der Waals surface area contributed by atoms with Gasteiger partial charge in [-0.3, -0.25) is 0 Å². The Labute approximate surface area is 114 Å². The van der Waals surface area contributed by atoms with E-state index >= 15 is 0 Å². The molecule has 0 atom stereocenters. The van der Waals surface area contributed by atoms with Gasteiger partial charge in [0.25, 0.3) is 0 Å². The van der Waals surface area contributed by atoms with Crippen molar-refractivity contribution in [3.8, 4) is 0 Å².